The third-order valence-electron chi connectivity index (χ3n) is 11.6. The summed E-state index contributed by atoms with van der Waals surface area (Å²) in [4.78, 5) is 7.44. The van der Waals surface area contributed by atoms with Crippen LogP contribution in [0.5, 0.6) is 0 Å². The average Bonchev–Trinajstić information content (AvgIpc) is 3.11. The number of hydrogen-bond donors (Lipinski definition) is 0. The van der Waals surface area contributed by atoms with Crippen LogP contribution in [0.4, 0.5) is 34.1 Å². The molecule has 0 spiro atoms. The van der Waals surface area contributed by atoms with Gasteiger partial charge in [-0.05, 0) is 139 Å². The van der Waals surface area contributed by atoms with Crippen molar-refractivity contribution in [1.29, 1.82) is 0 Å². The van der Waals surface area contributed by atoms with Crippen LogP contribution in [0.25, 0.3) is 10.8 Å². The van der Waals surface area contributed by atoms with Crippen LogP contribution in [0.1, 0.15) is 44.1 Å². The van der Waals surface area contributed by atoms with E-state index >= 15 is 0 Å². The predicted octanol–water partition coefficient (Wildman–Crippen LogP) is 12.7. The van der Waals surface area contributed by atoms with Crippen molar-refractivity contribution in [2.24, 2.45) is 17.8 Å². The topological polar surface area (TPSA) is 6.48 Å². The van der Waals surface area contributed by atoms with E-state index in [1.165, 1.54) is 93.2 Å². The molecule has 0 aromatic heterocycles. The molecule has 0 atom stereocenters. The summed E-state index contributed by atoms with van der Waals surface area (Å²) in [5.74, 6) is 2.84. The van der Waals surface area contributed by atoms with Crippen molar-refractivity contribution in [3.05, 3.63) is 145 Å². The molecule has 1 aliphatic heterocycles. The lowest BCUT2D eigenvalue weighted by molar-refractivity contribution is -0.00518. The van der Waals surface area contributed by atoms with E-state index in [0.29, 0.717) is 5.41 Å². The molecule has 5 aliphatic rings. The average molecular weight is 627 g/mol. The van der Waals surface area contributed by atoms with Crippen molar-refractivity contribution in [3.8, 4) is 0 Å². The van der Waals surface area contributed by atoms with Crippen LogP contribution in [0.2, 0.25) is 0 Å². The Kier molecular flexibility index (Phi) is 6.34. The van der Waals surface area contributed by atoms with Crippen LogP contribution in [0.3, 0.4) is 0 Å². The van der Waals surface area contributed by atoms with Gasteiger partial charge in [-0.15, -0.1) is 0 Å². The molecule has 0 amide bonds. The SMILES string of the molecule is c1ccc2c(c1)Sc1ccccc1N2c1ccc(N(c2ccc(C34CC5CC(CC(C5)C3)C4)cc2)c2cccc3ccccc23)cc1. The van der Waals surface area contributed by atoms with Gasteiger partial charge in [0.25, 0.3) is 0 Å². The molecule has 6 aromatic carbocycles. The van der Waals surface area contributed by atoms with Crippen molar-refractivity contribution < 1.29 is 0 Å². The maximum Gasteiger partial charge on any atom is 0.0601 e. The Labute approximate surface area is 282 Å². The largest absolute Gasteiger partial charge is 0.310 e. The molecule has 0 saturated heterocycles. The van der Waals surface area contributed by atoms with E-state index in [-0.39, 0.29) is 0 Å². The molecule has 0 radical (unpaired) electrons. The molecule has 4 saturated carbocycles. The highest BCUT2D eigenvalue weighted by Crippen LogP contribution is 2.61. The maximum atomic E-state index is 2.48. The van der Waals surface area contributed by atoms with Crippen LogP contribution in [0.15, 0.2) is 149 Å². The van der Waals surface area contributed by atoms with Gasteiger partial charge in [-0.2, -0.15) is 0 Å². The molecular weight excluding hydrogens is 589 g/mol. The van der Waals surface area contributed by atoms with Gasteiger partial charge in [0.2, 0.25) is 0 Å². The first-order valence-electron chi connectivity index (χ1n) is 17.4. The predicted molar refractivity (Wildman–Crippen MR) is 197 cm³/mol. The second-order valence-electron chi connectivity index (χ2n) is 14.5. The van der Waals surface area contributed by atoms with E-state index in [4.69, 9.17) is 0 Å². The molecule has 230 valence electrons. The van der Waals surface area contributed by atoms with Gasteiger partial charge in [0, 0.05) is 32.2 Å². The zero-order chi connectivity index (χ0) is 31.0. The number of rotatable bonds is 5. The molecule has 47 heavy (non-hydrogen) atoms. The maximum absolute atomic E-state index is 2.48. The first kappa shape index (κ1) is 27.6. The fraction of sp³-hybridized carbons (Fsp3) is 0.227. The Hall–Kier alpha value is -4.47. The highest BCUT2D eigenvalue weighted by Gasteiger charge is 2.51. The first-order valence-corrected chi connectivity index (χ1v) is 18.2. The number of benzene rings is 6. The molecule has 4 bridgehead atoms. The van der Waals surface area contributed by atoms with Gasteiger partial charge in [0.1, 0.15) is 0 Å². The number of anilines is 6. The van der Waals surface area contributed by atoms with Gasteiger partial charge in [0.15, 0.2) is 0 Å². The molecule has 0 N–H and O–H groups in total. The minimum absolute atomic E-state index is 0.401. The van der Waals surface area contributed by atoms with Crippen LogP contribution in [-0.4, -0.2) is 0 Å². The van der Waals surface area contributed by atoms with Crippen molar-refractivity contribution in [1.82, 2.24) is 0 Å². The minimum atomic E-state index is 0.401. The van der Waals surface area contributed by atoms with Gasteiger partial charge < -0.3 is 9.80 Å². The van der Waals surface area contributed by atoms with Crippen molar-refractivity contribution in [2.75, 3.05) is 9.80 Å². The zero-order valence-electron chi connectivity index (χ0n) is 26.6. The van der Waals surface area contributed by atoms with Gasteiger partial charge in [-0.1, -0.05) is 84.6 Å². The standard InChI is InChI=1S/C44H38N2S/c1-2-10-38-33(8-1)9-7-13-39(38)45(35-18-16-34(17-19-35)44-27-30-24-31(28-44)26-32(25-30)29-44)36-20-22-37(23-21-36)46-40-11-3-5-14-42(40)47-43-15-6-4-12-41(43)46/h1-23,30-32H,24-29H2. The third kappa shape index (κ3) is 4.54. The monoisotopic (exact) mass is 626 g/mol. The second-order valence-corrected chi connectivity index (χ2v) is 15.6. The fourth-order valence-electron chi connectivity index (χ4n) is 9.99. The Morgan fingerprint density at radius 1 is 0.532 bits per heavy atom. The summed E-state index contributed by atoms with van der Waals surface area (Å²) in [5.41, 5.74) is 9.21. The molecule has 4 aliphatic carbocycles. The van der Waals surface area contributed by atoms with Crippen LogP contribution >= 0.6 is 11.8 Å². The minimum Gasteiger partial charge on any atom is -0.310 e. The Morgan fingerprint density at radius 3 is 1.70 bits per heavy atom. The summed E-state index contributed by atoms with van der Waals surface area (Å²) in [6.45, 7) is 0. The number of hydrogen-bond acceptors (Lipinski definition) is 3. The second kappa shape index (κ2) is 10.8. The smallest absolute Gasteiger partial charge is 0.0601 e. The summed E-state index contributed by atoms with van der Waals surface area (Å²) in [6.07, 6.45) is 8.64. The summed E-state index contributed by atoms with van der Waals surface area (Å²) in [7, 11) is 0. The summed E-state index contributed by atoms with van der Waals surface area (Å²) in [5, 5.41) is 2.52. The molecule has 6 aromatic rings. The summed E-state index contributed by atoms with van der Waals surface area (Å²) in [6, 6.07) is 51.9. The quantitative estimate of drug-likeness (QED) is 0.188. The van der Waals surface area contributed by atoms with Crippen molar-refractivity contribution >= 4 is 56.7 Å². The molecule has 11 rings (SSSR count). The molecule has 4 fully saturated rings. The molecule has 0 unspecified atom stereocenters. The Morgan fingerprint density at radius 2 is 1.06 bits per heavy atom. The van der Waals surface area contributed by atoms with E-state index in [0.717, 1.165) is 17.8 Å². The highest BCUT2D eigenvalue weighted by molar-refractivity contribution is 7.99. The number of nitrogens with zero attached hydrogens (tertiary/aromatic N) is 2. The first-order chi connectivity index (χ1) is 23.2. The molecule has 3 heteroatoms. The summed E-state index contributed by atoms with van der Waals surface area (Å²) < 4.78 is 0. The normalized spacial score (nSPS) is 23.8. The zero-order valence-corrected chi connectivity index (χ0v) is 27.4. The van der Waals surface area contributed by atoms with Crippen molar-refractivity contribution in [3.63, 3.8) is 0 Å². The molecule has 2 nitrogen and oxygen atoms in total. The number of para-hydroxylation sites is 2. The lowest BCUT2D eigenvalue weighted by atomic mass is 9.48. The van der Waals surface area contributed by atoms with E-state index in [9.17, 15) is 0 Å². The van der Waals surface area contributed by atoms with E-state index < -0.39 is 0 Å². The lowest BCUT2D eigenvalue weighted by Crippen LogP contribution is -2.48. The molecular formula is C44H38N2S. The van der Waals surface area contributed by atoms with Crippen molar-refractivity contribution in [2.45, 2.75) is 53.7 Å². The van der Waals surface area contributed by atoms with Gasteiger partial charge in [0.05, 0.1) is 17.1 Å². The Balaban J connectivity index is 1.07. The van der Waals surface area contributed by atoms with Crippen LogP contribution < -0.4 is 9.80 Å². The van der Waals surface area contributed by atoms with Gasteiger partial charge in [-0.25, -0.2) is 0 Å². The molecule has 1 heterocycles. The van der Waals surface area contributed by atoms with E-state index in [2.05, 4.69) is 149 Å². The lowest BCUT2D eigenvalue weighted by Gasteiger charge is -2.57. The van der Waals surface area contributed by atoms with Crippen LogP contribution in [0, 0.1) is 17.8 Å². The van der Waals surface area contributed by atoms with Crippen LogP contribution in [-0.2, 0) is 5.41 Å². The third-order valence-corrected chi connectivity index (χ3v) is 12.7. The van der Waals surface area contributed by atoms with E-state index in [1.807, 2.05) is 11.8 Å². The van der Waals surface area contributed by atoms with E-state index in [1.54, 1.807) is 5.56 Å². The Bertz CT molecular complexity index is 2030. The van der Waals surface area contributed by atoms with Gasteiger partial charge >= 0.3 is 0 Å². The summed E-state index contributed by atoms with van der Waals surface area (Å²) >= 11 is 1.85. The fourth-order valence-corrected chi connectivity index (χ4v) is 11.1. The number of fused-ring (bicyclic) bond motifs is 3. The van der Waals surface area contributed by atoms with Gasteiger partial charge in [-0.3, -0.25) is 0 Å². The highest BCUT2D eigenvalue weighted by atomic mass is 32.2.